The summed E-state index contributed by atoms with van der Waals surface area (Å²) in [6, 6.07) is 5.73. The first-order chi connectivity index (χ1) is 16.9. The second-order valence-electron chi connectivity index (χ2n) is 8.34. The number of rotatable bonds is 3. The molecule has 5 heterocycles. The van der Waals surface area contributed by atoms with Gasteiger partial charge in [-0.2, -0.15) is 0 Å². The summed E-state index contributed by atoms with van der Waals surface area (Å²) in [6.07, 6.45) is 8.63. The molecule has 5 aromatic rings. The standard InChI is InChI=1S/C17H18Cl2N6.C5H3ClN4/c18-12-2-1-11(7-13(12)19)8-17(20)3-5-25(6-4-17)16-14-15(22-9-21-14)23-10-24-16;6-4-3-5(9-1-7-3)10-2-8-4/h1-2,7,9-10H,3-6,8,20H2,(H,21,22,23,24);1-2H,(H,7,8,9,10). The van der Waals surface area contributed by atoms with E-state index in [0.717, 1.165) is 49.2 Å². The Morgan fingerprint density at radius 3 is 2.17 bits per heavy atom. The summed E-state index contributed by atoms with van der Waals surface area (Å²) in [6.45, 7) is 1.67. The van der Waals surface area contributed by atoms with Gasteiger partial charge in [-0.05, 0) is 37.0 Å². The van der Waals surface area contributed by atoms with Crippen LogP contribution in [0.2, 0.25) is 15.2 Å². The van der Waals surface area contributed by atoms with E-state index in [1.165, 1.54) is 12.7 Å². The third-order valence-electron chi connectivity index (χ3n) is 5.98. The van der Waals surface area contributed by atoms with Gasteiger partial charge in [-0.3, -0.25) is 0 Å². The lowest BCUT2D eigenvalue weighted by molar-refractivity contribution is 0.330. The third-order valence-corrected chi connectivity index (χ3v) is 7.00. The van der Waals surface area contributed by atoms with Crippen LogP contribution in [0, 0.1) is 0 Å². The van der Waals surface area contributed by atoms with Crippen LogP contribution in [-0.2, 0) is 6.42 Å². The van der Waals surface area contributed by atoms with Gasteiger partial charge in [0.15, 0.2) is 22.3 Å². The van der Waals surface area contributed by atoms with Crippen molar-refractivity contribution in [2.45, 2.75) is 24.8 Å². The van der Waals surface area contributed by atoms with Gasteiger partial charge in [0.05, 0.1) is 22.7 Å². The average Bonchev–Trinajstić information content (AvgIpc) is 3.53. The molecule has 0 bridgehead atoms. The maximum Gasteiger partial charge on any atom is 0.182 e. The summed E-state index contributed by atoms with van der Waals surface area (Å²) in [7, 11) is 0. The first-order valence-electron chi connectivity index (χ1n) is 10.8. The maximum absolute atomic E-state index is 6.66. The molecule has 6 rings (SSSR count). The van der Waals surface area contributed by atoms with Crippen molar-refractivity contribution in [1.29, 1.82) is 0 Å². The number of benzene rings is 1. The van der Waals surface area contributed by atoms with E-state index >= 15 is 0 Å². The Morgan fingerprint density at radius 2 is 1.49 bits per heavy atom. The van der Waals surface area contributed by atoms with E-state index in [1.54, 1.807) is 12.7 Å². The fourth-order valence-corrected chi connectivity index (χ4v) is 4.63. The molecular formula is C22H21Cl3N10. The van der Waals surface area contributed by atoms with Gasteiger partial charge in [0, 0.05) is 18.6 Å². The number of nitrogens with zero attached hydrogens (tertiary/aromatic N) is 7. The summed E-state index contributed by atoms with van der Waals surface area (Å²) in [5.74, 6) is 0.888. The normalized spacial score (nSPS) is 15.3. The molecule has 10 nitrogen and oxygen atoms in total. The van der Waals surface area contributed by atoms with Crippen LogP contribution in [-0.4, -0.2) is 58.5 Å². The number of hydrogen-bond donors (Lipinski definition) is 3. The molecule has 0 amide bonds. The molecule has 0 radical (unpaired) electrons. The Morgan fingerprint density at radius 1 is 0.829 bits per heavy atom. The lowest BCUT2D eigenvalue weighted by Crippen LogP contribution is -2.52. The highest BCUT2D eigenvalue weighted by atomic mass is 35.5. The fraction of sp³-hybridized carbons (Fsp3) is 0.273. The number of piperidine rings is 1. The van der Waals surface area contributed by atoms with Gasteiger partial charge in [0.2, 0.25) is 0 Å². The molecule has 4 N–H and O–H groups in total. The van der Waals surface area contributed by atoms with Crippen molar-refractivity contribution >= 4 is 62.9 Å². The van der Waals surface area contributed by atoms with Gasteiger partial charge in [0.25, 0.3) is 0 Å². The third kappa shape index (κ3) is 5.15. The zero-order chi connectivity index (χ0) is 24.4. The van der Waals surface area contributed by atoms with Crippen molar-refractivity contribution in [3.05, 3.63) is 64.3 Å². The molecule has 35 heavy (non-hydrogen) atoms. The first-order valence-corrected chi connectivity index (χ1v) is 12.0. The fourth-order valence-electron chi connectivity index (χ4n) is 4.12. The topological polar surface area (TPSA) is 138 Å². The second-order valence-corrected chi connectivity index (χ2v) is 9.51. The second kappa shape index (κ2) is 9.90. The van der Waals surface area contributed by atoms with Crippen LogP contribution >= 0.6 is 34.8 Å². The van der Waals surface area contributed by atoms with Gasteiger partial charge in [-0.1, -0.05) is 40.9 Å². The van der Waals surface area contributed by atoms with E-state index in [0.29, 0.717) is 32.0 Å². The molecule has 180 valence electrons. The molecule has 1 saturated heterocycles. The van der Waals surface area contributed by atoms with Crippen LogP contribution in [0.3, 0.4) is 0 Å². The summed E-state index contributed by atoms with van der Waals surface area (Å²) < 4.78 is 0. The van der Waals surface area contributed by atoms with Crippen LogP contribution in [0.1, 0.15) is 18.4 Å². The Labute approximate surface area is 215 Å². The van der Waals surface area contributed by atoms with E-state index in [1.807, 2.05) is 18.2 Å². The zero-order valence-corrected chi connectivity index (χ0v) is 20.7. The monoisotopic (exact) mass is 530 g/mol. The number of anilines is 1. The number of aromatic amines is 2. The number of H-pyrrole nitrogens is 2. The molecule has 1 aliphatic heterocycles. The maximum atomic E-state index is 6.66. The van der Waals surface area contributed by atoms with E-state index in [2.05, 4.69) is 44.8 Å². The van der Waals surface area contributed by atoms with Crippen molar-refractivity contribution in [1.82, 2.24) is 39.9 Å². The predicted molar refractivity (Wildman–Crippen MR) is 137 cm³/mol. The van der Waals surface area contributed by atoms with Crippen LogP contribution in [0.15, 0.2) is 43.5 Å². The molecule has 0 saturated carbocycles. The van der Waals surface area contributed by atoms with E-state index in [4.69, 9.17) is 40.5 Å². The summed E-state index contributed by atoms with van der Waals surface area (Å²) >= 11 is 17.8. The highest BCUT2D eigenvalue weighted by Crippen LogP contribution is 2.30. The van der Waals surface area contributed by atoms with Crippen molar-refractivity contribution in [2.24, 2.45) is 5.73 Å². The number of nitrogens with two attached hydrogens (primary N) is 1. The van der Waals surface area contributed by atoms with Crippen LogP contribution in [0.25, 0.3) is 22.3 Å². The molecule has 0 atom stereocenters. The number of nitrogens with one attached hydrogen (secondary N) is 2. The van der Waals surface area contributed by atoms with Crippen LogP contribution in [0.5, 0.6) is 0 Å². The van der Waals surface area contributed by atoms with Gasteiger partial charge in [-0.25, -0.2) is 29.9 Å². The number of halogens is 3. The van der Waals surface area contributed by atoms with Crippen molar-refractivity contribution in [3.8, 4) is 0 Å². The zero-order valence-electron chi connectivity index (χ0n) is 18.4. The minimum Gasteiger partial charge on any atom is -0.355 e. The minimum absolute atomic E-state index is 0.256. The summed E-state index contributed by atoms with van der Waals surface area (Å²) in [4.78, 5) is 32.5. The number of fused-ring (bicyclic) bond motifs is 2. The molecule has 0 aliphatic carbocycles. The smallest absolute Gasteiger partial charge is 0.182 e. The molecule has 1 aromatic carbocycles. The average molecular weight is 532 g/mol. The van der Waals surface area contributed by atoms with Gasteiger partial charge in [0.1, 0.15) is 23.7 Å². The van der Waals surface area contributed by atoms with E-state index < -0.39 is 0 Å². The molecular weight excluding hydrogens is 511 g/mol. The van der Waals surface area contributed by atoms with Gasteiger partial charge >= 0.3 is 0 Å². The molecule has 0 spiro atoms. The molecule has 4 aromatic heterocycles. The number of aromatic nitrogens is 8. The van der Waals surface area contributed by atoms with Gasteiger partial charge in [-0.15, -0.1) is 0 Å². The highest BCUT2D eigenvalue weighted by molar-refractivity contribution is 6.42. The Hall–Kier alpha value is -3.05. The highest BCUT2D eigenvalue weighted by Gasteiger charge is 2.32. The lowest BCUT2D eigenvalue weighted by Gasteiger charge is -2.40. The van der Waals surface area contributed by atoms with Crippen molar-refractivity contribution in [2.75, 3.05) is 18.0 Å². The van der Waals surface area contributed by atoms with Crippen LogP contribution in [0.4, 0.5) is 5.82 Å². The van der Waals surface area contributed by atoms with E-state index in [9.17, 15) is 0 Å². The summed E-state index contributed by atoms with van der Waals surface area (Å²) in [5.41, 5.74) is 10.4. The number of hydrogen-bond acceptors (Lipinski definition) is 8. The molecule has 1 fully saturated rings. The van der Waals surface area contributed by atoms with Crippen LogP contribution < -0.4 is 10.6 Å². The summed E-state index contributed by atoms with van der Waals surface area (Å²) in [5, 5.41) is 1.55. The van der Waals surface area contributed by atoms with Crippen molar-refractivity contribution in [3.63, 3.8) is 0 Å². The Kier molecular flexibility index (Phi) is 6.70. The Bertz CT molecular complexity index is 1460. The van der Waals surface area contributed by atoms with E-state index in [-0.39, 0.29) is 5.54 Å². The molecule has 13 heteroatoms. The molecule has 1 aliphatic rings. The first kappa shape index (κ1) is 23.7. The molecule has 0 unspecified atom stereocenters. The SMILES string of the molecule is Clc1ncnc2nc[nH]c12.NC1(Cc2ccc(Cl)c(Cl)c2)CCN(c2ncnc3nc[nH]c23)CC1. The number of imidazole rings is 2. The predicted octanol–water partition coefficient (Wildman–Crippen LogP) is 4.21. The van der Waals surface area contributed by atoms with Gasteiger partial charge < -0.3 is 20.6 Å². The Balaban J connectivity index is 0.000000211. The largest absolute Gasteiger partial charge is 0.355 e. The van der Waals surface area contributed by atoms with Crippen molar-refractivity contribution < 1.29 is 0 Å². The minimum atomic E-state index is -0.256. The quantitative estimate of drug-likeness (QED) is 0.294. The lowest BCUT2D eigenvalue weighted by atomic mass is 9.83.